The van der Waals surface area contributed by atoms with E-state index in [0.29, 0.717) is 6.04 Å². The van der Waals surface area contributed by atoms with Crippen LogP contribution in [-0.4, -0.2) is 6.04 Å². The second kappa shape index (κ2) is 6.06. The predicted octanol–water partition coefficient (Wildman–Crippen LogP) is 2.73. The summed E-state index contributed by atoms with van der Waals surface area (Å²) in [5.74, 6) is 0. The van der Waals surface area contributed by atoms with Crippen LogP contribution < -0.4 is 5.32 Å². The van der Waals surface area contributed by atoms with E-state index in [4.69, 9.17) is 0 Å². The fraction of sp³-hybridized carbons (Fsp3) is 0.167. The molecule has 2 rings (SSSR count). The van der Waals surface area contributed by atoms with Gasteiger partial charge >= 0.3 is 0 Å². The Balaban J connectivity index is 0.000000132. The Labute approximate surface area is 79.8 Å². The van der Waals surface area contributed by atoms with E-state index >= 15 is 0 Å². The lowest BCUT2D eigenvalue weighted by Crippen LogP contribution is -2.18. The second-order valence-electron chi connectivity index (χ2n) is 2.85. The van der Waals surface area contributed by atoms with E-state index in [1.807, 2.05) is 54.8 Å². The first-order valence-electron chi connectivity index (χ1n) is 4.49. The smallest absolute Gasteiger partial charge is 0.0413 e. The topological polar surface area (TPSA) is 12.0 Å². The molecule has 13 heavy (non-hydrogen) atoms. The molecule has 1 nitrogen and oxygen atoms in total. The zero-order valence-corrected chi connectivity index (χ0v) is 7.85. The van der Waals surface area contributed by atoms with E-state index in [1.54, 1.807) is 0 Å². The molecular weight excluding hydrogens is 158 g/mol. The summed E-state index contributed by atoms with van der Waals surface area (Å²) in [6.45, 7) is 2.11. The van der Waals surface area contributed by atoms with Crippen LogP contribution in [0.4, 0.5) is 0 Å². The molecular formula is C12H15N. The Kier molecular flexibility index (Phi) is 4.47. The van der Waals surface area contributed by atoms with Crippen molar-refractivity contribution in [2.75, 3.05) is 0 Å². The molecule has 0 saturated carbocycles. The Bertz CT molecular complexity index is 235. The van der Waals surface area contributed by atoms with Crippen LogP contribution in [-0.2, 0) is 0 Å². The van der Waals surface area contributed by atoms with Gasteiger partial charge in [0.2, 0.25) is 0 Å². The Morgan fingerprint density at radius 3 is 1.62 bits per heavy atom. The summed E-state index contributed by atoms with van der Waals surface area (Å²) in [6.07, 6.45) is 8.09. The maximum atomic E-state index is 3.11. The highest BCUT2D eigenvalue weighted by Crippen LogP contribution is 1.90. The zero-order valence-electron chi connectivity index (χ0n) is 7.85. The van der Waals surface area contributed by atoms with Gasteiger partial charge in [-0.05, 0) is 19.2 Å². The van der Waals surface area contributed by atoms with Crippen LogP contribution in [0.15, 0.2) is 60.8 Å². The Morgan fingerprint density at radius 2 is 1.38 bits per heavy atom. The quantitative estimate of drug-likeness (QED) is 0.636. The van der Waals surface area contributed by atoms with E-state index < -0.39 is 0 Å². The van der Waals surface area contributed by atoms with Crippen molar-refractivity contribution in [1.29, 1.82) is 0 Å². The molecule has 0 fully saturated rings. The molecule has 1 heteroatoms. The molecule has 0 aromatic heterocycles. The van der Waals surface area contributed by atoms with Gasteiger partial charge in [0.1, 0.15) is 0 Å². The van der Waals surface area contributed by atoms with E-state index in [0.717, 1.165) is 0 Å². The Hall–Kier alpha value is -1.50. The molecule has 1 aromatic rings. The molecule has 1 aliphatic rings. The molecule has 0 amide bonds. The third-order valence-corrected chi connectivity index (χ3v) is 1.63. The van der Waals surface area contributed by atoms with Crippen molar-refractivity contribution >= 4 is 0 Å². The maximum Gasteiger partial charge on any atom is 0.0413 e. The maximum absolute atomic E-state index is 3.11. The molecule has 0 spiro atoms. The average molecular weight is 173 g/mol. The number of benzene rings is 1. The lowest BCUT2D eigenvalue weighted by atomic mass is 10.2. The fourth-order valence-corrected chi connectivity index (χ4v) is 0.934. The van der Waals surface area contributed by atoms with Gasteiger partial charge in [-0.1, -0.05) is 48.6 Å². The minimum absolute atomic E-state index is 0.519. The second-order valence-corrected chi connectivity index (χ2v) is 2.85. The van der Waals surface area contributed by atoms with Gasteiger partial charge in [-0.2, -0.15) is 0 Å². The number of allylic oxidation sites excluding steroid dienone is 2. The van der Waals surface area contributed by atoms with Gasteiger partial charge in [0.05, 0.1) is 0 Å². The van der Waals surface area contributed by atoms with Crippen molar-refractivity contribution in [2.24, 2.45) is 0 Å². The highest BCUT2D eigenvalue weighted by molar-refractivity contribution is 5.10. The van der Waals surface area contributed by atoms with Gasteiger partial charge < -0.3 is 5.32 Å². The third kappa shape index (κ3) is 4.86. The van der Waals surface area contributed by atoms with Gasteiger partial charge in [0.15, 0.2) is 0 Å². The summed E-state index contributed by atoms with van der Waals surface area (Å²) in [4.78, 5) is 0. The molecule has 0 radical (unpaired) electrons. The summed E-state index contributed by atoms with van der Waals surface area (Å²) < 4.78 is 0. The van der Waals surface area contributed by atoms with E-state index in [1.165, 1.54) is 0 Å². The lowest BCUT2D eigenvalue weighted by molar-refractivity contribution is 0.761. The molecule has 1 unspecified atom stereocenters. The van der Waals surface area contributed by atoms with Crippen LogP contribution in [0.3, 0.4) is 0 Å². The minimum Gasteiger partial charge on any atom is -0.385 e. The van der Waals surface area contributed by atoms with E-state index in [-0.39, 0.29) is 0 Å². The van der Waals surface area contributed by atoms with Gasteiger partial charge in [0, 0.05) is 6.04 Å². The zero-order chi connectivity index (χ0) is 9.36. The highest BCUT2D eigenvalue weighted by Gasteiger charge is 1.90. The number of dihydropyridines is 1. The molecule has 1 N–H and O–H groups in total. The molecule has 0 saturated heterocycles. The normalized spacial score (nSPS) is 18.4. The standard InChI is InChI=1S/C6H9N.C6H6/c1-6-4-2-3-5-7-6;1-2-4-6-5-3-1/h2-7H,1H3;1-6H. The first-order valence-corrected chi connectivity index (χ1v) is 4.49. The Morgan fingerprint density at radius 1 is 0.846 bits per heavy atom. The molecule has 1 atom stereocenters. The average Bonchev–Trinajstić information content (AvgIpc) is 2.22. The van der Waals surface area contributed by atoms with Crippen molar-refractivity contribution in [3.8, 4) is 0 Å². The molecule has 68 valence electrons. The van der Waals surface area contributed by atoms with E-state index in [9.17, 15) is 0 Å². The van der Waals surface area contributed by atoms with Crippen molar-refractivity contribution in [3.05, 3.63) is 60.8 Å². The summed E-state index contributed by atoms with van der Waals surface area (Å²) in [6, 6.07) is 12.5. The van der Waals surface area contributed by atoms with Gasteiger partial charge in [-0.25, -0.2) is 0 Å². The van der Waals surface area contributed by atoms with E-state index in [2.05, 4.69) is 18.3 Å². The van der Waals surface area contributed by atoms with Crippen LogP contribution in [0.5, 0.6) is 0 Å². The van der Waals surface area contributed by atoms with Crippen LogP contribution in [0.2, 0.25) is 0 Å². The predicted molar refractivity (Wildman–Crippen MR) is 57.3 cm³/mol. The first kappa shape index (κ1) is 9.59. The van der Waals surface area contributed by atoms with Crippen molar-refractivity contribution in [3.63, 3.8) is 0 Å². The number of hydrogen-bond donors (Lipinski definition) is 1. The summed E-state index contributed by atoms with van der Waals surface area (Å²) in [5, 5.41) is 3.11. The molecule has 1 aliphatic heterocycles. The molecule has 0 aliphatic carbocycles. The van der Waals surface area contributed by atoms with Crippen LogP contribution >= 0.6 is 0 Å². The molecule has 0 bridgehead atoms. The van der Waals surface area contributed by atoms with Crippen molar-refractivity contribution in [1.82, 2.24) is 5.32 Å². The van der Waals surface area contributed by atoms with Crippen molar-refractivity contribution < 1.29 is 0 Å². The molecule has 1 heterocycles. The van der Waals surface area contributed by atoms with Crippen LogP contribution in [0.25, 0.3) is 0 Å². The van der Waals surface area contributed by atoms with Crippen LogP contribution in [0, 0.1) is 0 Å². The van der Waals surface area contributed by atoms with Crippen LogP contribution in [0.1, 0.15) is 6.92 Å². The van der Waals surface area contributed by atoms with Gasteiger partial charge in [0.25, 0.3) is 0 Å². The number of rotatable bonds is 0. The van der Waals surface area contributed by atoms with Gasteiger partial charge in [-0.3, -0.25) is 0 Å². The monoisotopic (exact) mass is 173 g/mol. The first-order chi connectivity index (χ1) is 6.39. The lowest BCUT2D eigenvalue weighted by Gasteiger charge is -2.07. The summed E-state index contributed by atoms with van der Waals surface area (Å²) >= 11 is 0. The SMILES string of the molecule is CC1C=CC=CN1.c1ccccc1. The van der Waals surface area contributed by atoms with Crippen molar-refractivity contribution in [2.45, 2.75) is 13.0 Å². The summed E-state index contributed by atoms with van der Waals surface area (Å²) in [5.41, 5.74) is 0. The minimum atomic E-state index is 0.519. The number of nitrogens with one attached hydrogen (secondary N) is 1. The largest absolute Gasteiger partial charge is 0.385 e. The third-order valence-electron chi connectivity index (χ3n) is 1.63. The fourth-order valence-electron chi connectivity index (χ4n) is 0.934. The summed E-state index contributed by atoms with van der Waals surface area (Å²) in [7, 11) is 0. The number of hydrogen-bond acceptors (Lipinski definition) is 1. The molecule has 1 aromatic carbocycles. The van der Waals surface area contributed by atoms with Gasteiger partial charge in [-0.15, -0.1) is 0 Å². The highest BCUT2D eigenvalue weighted by atomic mass is 14.9.